The van der Waals surface area contributed by atoms with Crippen LogP contribution in [0.25, 0.3) is 10.9 Å². The molecule has 1 saturated carbocycles. The third kappa shape index (κ3) is 3.47. The minimum atomic E-state index is -0.982. The zero-order chi connectivity index (χ0) is 21.6. The molecule has 2 amide bonds. The lowest BCUT2D eigenvalue weighted by Gasteiger charge is -2.44. The highest BCUT2D eigenvalue weighted by Crippen LogP contribution is 2.34. The van der Waals surface area contributed by atoms with Crippen LogP contribution in [0.4, 0.5) is 0 Å². The Bertz CT molecular complexity index is 1160. The number of fused-ring (bicyclic) bond motifs is 3. The lowest BCUT2D eigenvalue weighted by molar-refractivity contribution is -0.133. The van der Waals surface area contributed by atoms with Crippen LogP contribution in [0.15, 0.2) is 59.1 Å². The van der Waals surface area contributed by atoms with E-state index < -0.39 is 5.54 Å². The van der Waals surface area contributed by atoms with Crippen LogP contribution in [-0.2, 0) is 17.9 Å². The molecule has 1 aliphatic carbocycles. The quantitative estimate of drug-likeness (QED) is 0.579. The maximum atomic E-state index is 13.8. The molecule has 2 heterocycles. The summed E-state index contributed by atoms with van der Waals surface area (Å²) >= 11 is 3.60. The molecule has 0 saturated heterocycles. The molecule has 5 nitrogen and oxygen atoms in total. The normalized spacial score (nSPS) is 21.5. The zero-order valence-corrected chi connectivity index (χ0v) is 19.2. The summed E-state index contributed by atoms with van der Waals surface area (Å²) in [5.41, 5.74) is 1.63. The standard InChI is InChI=1S/C25H26BrN3O2/c1-25(24(31)27-19-10-4-5-11-19)16-28-21-13-7-3-8-17(21)14-22(28)23(30)29(25)15-18-9-2-6-12-20(18)26/h2-3,6-9,12-14,19H,4-5,10-11,15-16H2,1H3,(H,27,31)/t25-/m1/s1. The SMILES string of the molecule is C[C@]1(C(=O)NC2CCCC2)Cn2c(cc3ccccc32)C(=O)N1Cc1ccccc1Br. The van der Waals surface area contributed by atoms with Gasteiger partial charge in [0.2, 0.25) is 5.91 Å². The van der Waals surface area contributed by atoms with Crippen LogP contribution in [0.5, 0.6) is 0 Å². The van der Waals surface area contributed by atoms with Crippen molar-refractivity contribution >= 4 is 38.6 Å². The van der Waals surface area contributed by atoms with E-state index in [1.165, 1.54) is 0 Å². The number of carbonyl (C=O) groups excluding carboxylic acids is 2. The van der Waals surface area contributed by atoms with Crippen molar-refractivity contribution in [3.8, 4) is 0 Å². The third-order valence-corrected chi connectivity index (χ3v) is 7.58. The van der Waals surface area contributed by atoms with Crippen LogP contribution in [-0.4, -0.2) is 32.9 Å². The second-order valence-corrected chi connectivity index (χ2v) is 9.74. The average molecular weight is 480 g/mol. The van der Waals surface area contributed by atoms with Crippen molar-refractivity contribution in [2.45, 2.75) is 57.3 Å². The van der Waals surface area contributed by atoms with Crippen molar-refractivity contribution in [2.24, 2.45) is 0 Å². The number of aromatic nitrogens is 1. The first-order valence-electron chi connectivity index (χ1n) is 10.9. The third-order valence-electron chi connectivity index (χ3n) is 6.80. The molecule has 0 unspecified atom stereocenters. The lowest BCUT2D eigenvalue weighted by Crippen LogP contribution is -2.64. The van der Waals surface area contributed by atoms with E-state index in [1.807, 2.05) is 66.1 Å². The number of nitrogens with zero attached hydrogens (tertiary/aromatic N) is 2. The largest absolute Gasteiger partial charge is 0.351 e. The summed E-state index contributed by atoms with van der Waals surface area (Å²) in [5.74, 6) is -0.175. The molecule has 2 aliphatic rings. The molecule has 1 aromatic heterocycles. The Balaban J connectivity index is 1.58. The number of halogens is 1. The lowest BCUT2D eigenvalue weighted by atomic mass is 9.93. The van der Waals surface area contributed by atoms with Gasteiger partial charge in [-0.05, 0) is 43.5 Å². The van der Waals surface area contributed by atoms with Crippen molar-refractivity contribution in [3.63, 3.8) is 0 Å². The maximum absolute atomic E-state index is 13.8. The minimum absolute atomic E-state index is 0.0664. The molecule has 1 fully saturated rings. The predicted molar refractivity (Wildman–Crippen MR) is 125 cm³/mol. The van der Waals surface area contributed by atoms with Crippen molar-refractivity contribution in [1.29, 1.82) is 0 Å². The van der Waals surface area contributed by atoms with Crippen LogP contribution in [0, 0.1) is 0 Å². The summed E-state index contributed by atoms with van der Waals surface area (Å²) in [6.45, 7) is 2.71. The zero-order valence-electron chi connectivity index (χ0n) is 17.6. The van der Waals surface area contributed by atoms with E-state index >= 15 is 0 Å². The first-order chi connectivity index (χ1) is 15.0. The van der Waals surface area contributed by atoms with Crippen molar-refractivity contribution in [3.05, 3.63) is 70.3 Å². The van der Waals surface area contributed by atoms with Gasteiger partial charge < -0.3 is 14.8 Å². The Hall–Kier alpha value is -2.60. The molecule has 1 N–H and O–H groups in total. The molecular weight excluding hydrogens is 454 g/mol. The second-order valence-electron chi connectivity index (χ2n) is 8.89. The number of nitrogens with one attached hydrogen (secondary N) is 1. The summed E-state index contributed by atoms with van der Waals surface area (Å²) in [7, 11) is 0. The van der Waals surface area contributed by atoms with Crippen molar-refractivity contribution in [2.75, 3.05) is 0 Å². The Labute approximate surface area is 190 Å². The van der Waals surface area contributed by atoms with Crippen LogP contribution < -0.4 is 5.32 Å². The molecule has 0 bridgehead atoms. The molecule has 0 radical (unpaired) electrons. The summed E-state index contributed by atoms with van der Waals surface area (Å²) in [4.78, 5) is 29.2. The number of benzene rings is 2. The van der Waals surface area contributed by atoms with E-state index in [2.05, 4.69) is 21.2 Å². The Morgan fingerprint density at radius 2 is 1.84 bits per heavy atom. The molecule has 1 atom stereocenters. The first-order valence-corrected chi connectivity index (χ1v) is 11.7. The van der Waals surface area contributed by atoms with E-state index in [-0.39, 0.29) is 17.9 Å². The maximum Gasteiger partial charge on any atom is 0.271 e. The number of para-hydroxylation sites is 1. The van der Waals surface area contributed by atoms with Crippen LogP contribution in [0.3, 0.4) is 0 Å². The van der Waals surface area contributed by atoms with E-state index in [9.17, 15) is 9.59 Å². The molecule has 5 rings (SSSR count). The Morgan fingerprint density at radius 1 is 1.13 bits per heavy atom. The van der Waals surface area contributed by atoms with Gasteiger partial charge in [-0.25, -0.2) is 0 Å². The Morgan fingerprint density at radius 3 is 2.61 bits per heavy atom. The monoisotopic (exact) mass is 479 g/mol. The predicted octanol–water partition coefficient (Wildman–Crippen LogP) is 4.88. The minimum Gasteiger partial charge on any atom is -0.351 e. The van der Waals surface area contributed by atoms with Gasteiger partial charge in [-0.15, -0.1) is 0 Å². The first kappa shape index (κ1) is 20.3. The second kappa shape index (κ2) is 7.83. The molecular formula is C25H26BrN3O2. The van der Waals surface area contributed by atoms with Gasteiger partial charge in [0.05, 0.1) is 6.54 Å². The fourth-order valence-electron chi connectivity index (χ4n) is 4.96. The summed E-state index contributed by atoms with van der Waals surface area (Å²) < 4.78 is 2.95. The van der Waals surface area contributed by atoms with Crippen LogP contribution in [0.1, 0.15) is 48.7 Å². The molecule has 0 spiro atoms. The van der Waals surface area contributed by atoms with E-state index in [0.717, 1.165) is 46.6 Å². The molecule has 1 aliphatic heterocycles. The summed E-state index contributed by atoms with van der Waals surface area (Å²) in [6, 6.07) is 18.0. The van der Waals surface area contributed by atoms with Gasteiger partial charge in [-0.2, -0.15) is 0 Å². The highest BCUT2D eigenvalue weighted by Gasteiger charge is 2.48. The van der Waals surface area contributed by atoms with E-state index in [4.69, 9.17) is 0 Å². The van der Waals surface area contributed by atoms with E-state index in [0.29, 0.717) is 18.8 Å². The number of amides is 2. The van der Waals surface area contributed by atoms with Crippen molar-refractivity contribution in [1.82, 2.24) is 14.8 Å². The highest BCUT2D eigenvalue weighted by atomic mass is 79.9. The molecule has 6 heteroatoms. The van der Waals surface area contributed by atoms with Gasteiger partial charge in [-0.1, -0.05) is 65.2 Å². The number of hydrogen-bond acceptors (Lipinski definition) is 2. The number of rotatable bonds is 4. The average Bonchev–Trinajstić information content (AvgIpc) is 3.40. The van der Waals surface area contributed by atoms with Gasteiger partial charge in [0.15, 0.2) is 0 Å². The van der Waals surface area contributed by atoms with Crippen LogP contribution in [0.2, 0.25) is 0 Å². The van der Waals surface area contributed by atoms with Gasteiger partial charge in [0, 0.05) is 28.0 Å². The fraction of sp³-hybridized carbons (Fsp3) is 0.360. The summed E-state index contributed by atoms with van der Waals surface area (Å²) in [6.07, 6.45) is 4.32. The number of hydrogen-bond donors (Lipinski definition) is 1. The molecule has 31 heavy (non-hydrogen) atoms. The summed E-state index contributed by atoms with van der Waals surface area (Å²) in [5, 5.41) is 4.27. The van der Waals surface area contributed by atoms with E-state index in [1.54, 1.807) is 4.90 Å². The topological polar surface area (TPSA) is 54.3 Å². The highest BCUT2D eigenvalue weighted by molar-refractivity contribution is 9.10. The van der Waals surface area contributed by atoms with Crippen LogP contribution >= 0.6 is 15.9 Å². The number of carbonyl (C=O) groups is 2. The smallest absolute Gasteiger partial charge is 0.271 e. The van der Waals surface area contributed by atoms with Crippen molar-refractivity contribution < 1.29 is 9.59 Å². The molecule has 2 aromatic carbocycles. The van der Waals surface area contributed by atoms with Gasteiger partial charge in [-0.3, -0.25) is 9.59 Å². The fourth-order valence-corrected chi connectivity index (χ4v) is 5.37. The van der Waals surface area contributed by atoms with Gasteiger partial charge in [0.25, 0.3) is 5.91 Å². The molecule has 160 valence electrons. The van der Waals surface area contributed by atoms with Gasteiger partial charge >= 0.3 is 0 Å². The molecule has 3 aromatic rings. The van der Waals surface area contributed by atoms with Gasteiger partial charge in [0.1, 0.15) is 11.2 Å². The Kier molecular flexibility index (Phi) is 5.13.